The SMILES string of the molecule is CN(C)c1ccc(S(=O)(=O)N(C)C)cc1NC(=O)c1ccc(OCC2CCCO2)cc1. The van der Waals surface area contributed by atoms with E-state index in [2.05, 4.69) is 5.32 Å². The lowest BCUT2D eigenvalue weighted by molar-refractivity contribution is 0.0679. The summed E-state index contributed by atoms with van der Waals surface area (Å²) in [6.45, 7) is 1.27. The fourth-order valence-electron chi connectivity index (χ4n) is 3.24. The Labute approximate surface area is 183 Å². The first-order valence-electron chi connectivity index (χ1n) is 10.1. The second-order valence-electron chi connectivity index (χ2n) is 7.79. The van der Waals surface area contributed by atoms with Gasteiger partial charge < -0.3 is 19.7 Å². The molecule has 1 aliphatic rings. The van der Waals surface area contributed by atoms with Crippen LogP contribution in [0.1, 0.15) is 23.2 Å². The monoisotopic (exact) mass is 447 g/mol. The van der Waals surface area contributed by atoms with Crippen molar-refractivity contribution in [3.8, 4) is 5.75 Å². The number of anilines is 2. The molecule has 1 N–H and O–H groups in total. The van der Waals surface area contributed by atoms with E-state index in [1.54, 1.807) is 30.3 Å². The Morgan fingerprint density at radius 3 is 2.42 bits per heavy atom. The largest absolute Gasteiger partial charge is 0.491 e. The molecular weight excluding hydrogens is 418 g/mol. The molecule has 2 aromatic rings. The topological polar surface area (TPSA) is 88.2 Å². The molecule has 31 heavy (non-hydrogen) atoms. The third kappa shape index (κ3) is 5.55. The maximum Gasteiger partial charge on any atom is 0.255 e. The Bertz CT molecular complexity index is 1010. The van der Waals surface area contributed by atoms with E-state index in [4.69, 9.17) is 9.47 Å². The summed E-state index contributed by atoms with van der Waals surface area (Å²) in [6, 6.07) is 11.5. The van der Waals surface area contributed by atoms with Gasteiger partial charge in [-0.15, -0.1) is 0 Å². The Kier molecular flexibility index (Phi) is 7.19. The lowest BCUT2D eigenvalue weighted by Crippen LogP contribution is -2.23. The molecule has 1 heterocycles. The molecule has 1 fully saturated rings. The maximum absolute atomic E-state index is 12.8. The Hall–Kier alpha value is -2.62. The van der Waals surface area contributed by atoms with Gasteiger partial charge in [-0.05, 0) is 55.3 Å². The zero-order valence-corrected chi connectivity index (χ0v) is 19.1. The number of ether oxygens (including phenoxy) is 2. The second kappa shape index (κ2) is 9.67. The highest BCUT2D eigenvalue weighted by molar-refractivity contribution is 7.89. The lowest BCUT2D eigenvalue weighted by atomic mass is 10.2. The molecule has 1 amide bonds. The lowest BCUT2D eigenvalue weighted by Gasteiger charge is -2.20. The molecule has 168 valence electrons. The molecule has 0 bridgehead atoms. The van der Waals surface area contributed by atoms with Crippen LogP contribution in [0.2, 0.25) is 0 Å². The summed E-state index contributed by atoms with van der Waals surface area (Å²) in [6.07, 6.45) is 2.18. The van der Waals surface area contributed by atoms with Crippen LogP contribution in [0.5, 0.6) is 5.75 Å². The van der Waals surface area contributed by atoms with E-state index in [-0.39, 0.29) is 16.9 Å². The van der Waals surface area contributed by atoms with E-state index >= 15 is 0 Å². The van der Waals surface area contributed by atoms with Crippen molar-refractivity contribution in [3.05, 3.63) is 48.0 Å². The van der Waals surface area contributed by atoms with Gasteiger partial charge in [0.15, 0.2) is 0 Å². The van der Waals surface area contributed by atoms with Gasteiger partial charge in [-0.2, -0.15) is 0 Å². The molecule has 1 aliphatic heterocycles. The van der Waals surface area contributed by atoms with E-state index < -0.39 is 10.0 Å². The number of hydrogen-bond acceptors (Lipinski definition) is 6. The van der Waals surface area contributed by atoms with Gasteiger partial charge in [0.1, 0.15) is 12.4 Å². The number of nitrogens with zero attached hydrogens (tertiary/aromatic N) is 2. The first-order valence-corrected chi connectivity index (χ1v) is 11.5. The third-order valence-electron chi connectivity index (χ3n) is 5.05. The van der Waals surface area contributed by atoms with Crippen LogP contribution in [0.4, 0.5) is 11.4 Å². The standard InChI is InChI=1S/C22H29N3O5S/c1-24(2)21-12-11-19(31(27,28)25(3)4)14-20(21)23-22(26)16-7-9-17(10-8-16)30-15-18-6-5-13-29-18/h7-12,14,18H,5-6,13,15H2,1-4H3,(H,23,26). The van der Waals surface area contributed by atoms with Crippen LogP contribution < -0.4 is 15.0 Å². The van der Waals surface area contributed by atoms with Crippen molar-refractivity contribution < 1.29 is 22.7 Å². The van der Waals surface area contributed by atoms with Crippen molar-refractivity contribution in [1.82, 2.24) is 4.31 Å². The van der Waals surface area contributed by atoms with Crippen molar-refractivity contribution in [2.75, 3.05) is 51.6 Å². The Morgan fingerprint density at radius 2 is 1.84 bits per heavy atom. The molecule has 0 spiro atoms. The van der Waals surface area contributed by atoms with E-state index in [0.29, 0.717) is 29.3 Å². The highest BCUT2D eigenvalue weighted by Gasteiger charge is 2.20. The highest BCUT2D eigenvalue weighted by atomic mass is 32.2. The summed E-state index contributed by atoms with van der Waals surface area (Å²) < 4.78 is 37.4. The predicted octanol–water partition coefficient (Wildman–Crippen LogP) is 2.81. The molecular formula is C22H29N3O5S. The predicted molar refractivity (Wildman–Crippen MR) is 121 cm³/mol. The zero-order valence-electron chi connectivity index (χ0n) is 18.3. The number of carbonyl (C=O) groups is 1. The number of hydrogen-bond donors (Lipinski definition) is 1. The van der Waals surface area contributed by atoms with E-state index in [1.165, 1.54) is 26.2 Å². The summed E-state index contributed by atoms with van der Waals surface area (Å²) >= 11 is 0. The quantitative estimate of drug-likeness (QED) is 0.670. The minimum atomic E-state index is -3.62. The first kappa shape index (κ1) is 23.1. The van der Waals surface area contributed by atoms with Crippen molar-refractivity contribution in [2.45, 2.75) is 23.8 Å². The fourth-order valence-corrected chi connectivity index (χ4v) is 4.17. The molecule has 1 saturated heterocycles. The van der Waals surface area contributed by atoms with E-state index in [1.807, 2.05) is 19.0 Å². The van der Waals surface area contributed by atoms with Gasteiger partial charge in [-0.25, -0.2) is 12.7 Å². The molecule has 0 radical (unpaired) electrons. The van der Waals surface area contributed by atoms with Gasteiger partial charge in [0.25, 0.3) is 5.91 Å². The van der Waals surface area contributed by atoms with Crippen LogP contribution in [0, 0.1) is 0 Å². The summed E-state index contributed by atoms with van der Waals surface area (Å²) in [5.41, 5.74) is 1.55. The van der Waals surface area contributed by atoms with Gasteiger partial charge in [-0.3, -0.25) is 4.79 Å². The smallest absolute Gasteiger partial charge is 0.255 e. The fraction of sp³-hybridized carbons (Fsp3) is 0.409. The van der Waals surface area contributed by atoms with Crippen LogP contribution in [-0.2, 0) is 14.8 Å². The minimum absolute atomic E-state index is 0.108. The number of nitrogens with one attached hydrogen (secondary N) is 1. The summed E-state index contributed by atoms with van der Waals surface area (Å²) in [4.78, 5) is 14.7. The van der Waals surface area contributed by atoms with E-state index in [0.717, 1.165) is 23.8 Å². The van der Waals surface area contributed by atoms with Gasteiger partial charge in [0, 0.05) is 40.4 Å². The Balaban J connectivity index is 1.75. The molecule has 0 aromatic heterocycles. The molecule has 8 nitrogen and oxygen atoms in total. The number of sulfonamides is 1. The van der Waals surface area contributed by atoms with Crippen LogP contribution in [0.25, 0.3) is 0 Å². The number of benzene rings is 2. The number of rotatable bonds is 8. The van der Waals surface area contributed by atoms with Gasteiger partial charge in [0.2, 0.25) is 10.0 Å². The molecule has 9 heteroatoms. The average Bonchev–Trinajstić information content (AvgIpc) is 3.26. The molecule has 1 atom stereocenters. The summed E-state index contributed by atoms with van der Waals surface area (Å²) in [7, 11) is 2.96. The van der Waals surface area contributed by atoms with Gasteiger partial charge >= 0.3 is 0 Å². The Morgan fingerprint density at radius 1 is 1.13 bits per heavy atom. The van der Waals surface area contributed by atoms with Gasteiger partial charge in [0.05, 0.1) is 22.4 Å². The van der Waals surface area contributed by atoms with Crippen molar-refractivity contribution in [2.24, 2.45) is 0 Å². The molecule has 1 unspecified atom stereocenters. The van der Waals surface area contributed by atoms with Crippen molar-refractivity contribution >= 4 is 27.3 Å². The maximum atomic E-state index is 12.8. The highest BCUT2D eigenvalue weighted by Crippen LogP contribution is 2.29. The zero-order chi connectivity index (χ0) is 22.6. The number of carbonyl (C=O) groups excluding carboxylic acids is 1. The molecule has 0 aliphatic carbocycles. The van der Waals surface area contributed by atoms with Crippen LogP contribution in [-0.4, -0.2) is 66.1 Å². The minimum Gasteiger partial charge on any atom is -0.491 e. The summed E-state index contributed by atoms with van der Waals surface area (Å²) in [5.74, 6) is 0.327. The second-order valence-corrected chi connectivity index (χ2v) is 9.94. The normalized spacial score (nSPS) is 16.4. The molecule has 2 aromatic carbocycles. The van der Waals surface area contributed by atoms with Crippen LogP contribution >= 0.6 is 0 Å². The van der Waals surface area contributed by atoms with Gasteiger partial charge in [-0.1, -0.05) is 0 Å². The van der Waals surface area contributed by atoms with Crippen molar-refractivity contribution in [3.63, 3.8) is 0 Å². The number of amides is 1. The average molecular weight is 448 g/mol. The van der Waals surface area contributed by atoms with Crippen LogP contribution in [0.3, 0.4) is 0 Å². The van der Waals surface area contributed by atoms with Crippen molar-refractivity contribution in [1.29, 1.82) is 0 Å². The van der Waals surface area contributed by atoms with Crippen LogP contribution in [0.15, 0.2) is 47.4 Å². The molecule has 0 saturated carbocycles. The summed E-state index contributed by atoms with van der Waals surface area (Å²) in [5, 5.41) is 2.83. The first-order chi connectivity index (χ1) is 14.7. The molecule has 3 rings (SSSR count). The van der Waals surface area contributed by atoms with E-state index in [9.17, 15) is 13.2 Å². The third-order valence-corrected chi connectivity index (χ3v) is 6.86.